The molecule has 3 N–H and O–H groups in total. The van der Waals surface area contributed by atoms with Gasteiger partial charge in [-0.15, -0.1) is 5.10 Å². The van der Waals surface area contributed by atoms with E-state index in [1.54, 1.807) is 45.5 Å². The second-order valence-corrected chi connectivity index (χ2v) is 22.3. The first-order valence-corrected chi connectivity index (χ1v) is 25.7. The van der Waals surface area contributed by atoms with Crippen molar-refractivity contribution in [2.45, 2.75) is 198 Å². The van der Waals surface area contributed by atoms with Gasteiger partial charge in [0.15, 0.2) is 30.4 Å². The van der Waals surface area contributed by atoms with Crippen LogP contribution in [0, 0.1) is 17.8 Å². The number of esters is 1. The maximum Gasteiger partial charge on any atom is 0.509 e. The molecule has 71 heavy (non-hydrogen) atoms. The Bertz CT molecular complexity index is 2100. The Kier molecular flexibility index (Phi) is 18.7. The topological polar surface area (TPSA) is 224 Å². The summed E-state index contributed by atoms with van der Waals surface area (Å²) < 4.78 is 59.5. The summed E-state index contributed by atoms with van der Waals surface area (Å²) in [6.45, 7) is 19.2. The first kappa shape index (κ1) is 56.8. The zero-order valence-corrected chi connectivity index (χ0v) is 45.5. The number of hydrogen-bond acceptors (Lipinski definition) is 18. The fourth-order valence-electron chi connectivity index (χ4n) is 11.1. The maximum atomic E-state index is 14.8. The molecule has 1 amide bonds. The monoisotopic (exact) mass is 1070 g/mol. The molecule has 6 rings (SSSR count). The van der Waals surface area contributed by atoms with Gasteiger partial charge in [-0.1, -0.05) is 54.0 Å². The van der Waals surface area contributed by atoms with Gasteiger partial charge in [0.2, 0.25) is 0 Å². The van der Waals surface area contributed by atoms with Crippen molar-refractivity contribution in [2.75, 3.05) is 34.8 Å². The van der Waals surface area contributed by atoms with Crippen LogP contribution < -0.4 is 5.32 Å². The normalized spacial score (nSPS) is 39.9. The van der Waals surface area contributed by atoms with Crippen LogP contribution in [0.4, 0.5) is 9.59 Å². The minimum Gasteiger partial charge on any atom is -0.458 e. The molecular formula is C50H79BrN6O14. The Hall–Kier alpha value is -3.51. The summed E-state index contributed by atoms with van der Waals surface area (Å²) in [5.41, 5.74) is -2.57. The largest absolute Gasteiger partial charge is 0.509 e. The third-order valence-electron chi connectivity index (χ3n) is 15.1. The number of benzene rings is 1. The number of carbonyl (C=O) groups is 3. The second-order valence-electron chi connectivity index (χ2n) is 21.3. The van der Waals surface area contributed by atoms with Crippen LogP contribution in [-0.4, -0.2) is 178 Å². The van der Waals surface area contributed by atoms with Crippen molar-refractivity contribution in [1.29, 1.82) is 0 Å². The number of carbonyl (C=O) groups excluding carboxylic acids is 3. The quantitative estimate of drug-likeness (QED) is 0.178. The van der Waals surface area contributed by atoms with E-state index in [0.717, 1.165) is 10.0 Å². The van der Waals surface area contributed by atoms with Crippen LogP contribution in [0.2, 0.25) is 0 Å². The summed E-state index contributed by atoms with van der Waals surface area (Å²) in [6.07, 6.45) is -7.97. The number of aromatic nitrogens is 3. The Morgan fingerprint density at radius 3 is 2.34 bits per heavy atom. The van der Waals surface area contributed by atoms with Crippen LogP contribution in [0.1, 0.15) is 106 Å². The minimum absolute atomic E-state index is 0.0431. The number of amides is 1. The van der Waals surface area contributed by atoms with Crippen molar-refractivity contribution in [2.24, 2.45) is 17.8 Å². The number of aliphatic hydroxyl groups is 2. The van der Waals surface area contributed by atoms with Crippen LogP contribution >= 0.6 is 15.9 Å². The average Bonchev–Trinajstić information content (AvgIpc) is 3.89. The van der Waals surface area contributed by atoms with Gasteiger partial charge in [0.25, 0.3) is 0 Å². The maximum absolute atomic E-state index is 14.8. The molecule has 2 aromatic rings. The molecular weight excluding hydrogens is 988 g/mol. The molecule has 400 valence electrons. The van der Waals surface area contributed by atoms with E-state index in [9.17, 15) is 24.6 Å². The Balaban J connectivity index is 1.28. The second kappa shape index (κ2) is 23.4. The summed E-state index contributed by atoms with van der Waals surface area (Å²) in [7, 11) is 7.19. The van der Waals surface area contributed by atoms with Crippen LogP contribution in [0.5, 0.6) is 0 Å². The summed E-state index contributed by atoms with van der Waals surface area (Å²) in [4.78, 5) is 45.1. The molecule has 0 radical (unpaired) electrons. The number of halogens is 1. The van der Waals surface area contributed by atoms with E-state index in [1.165, 1.54) is 7.11 Å². The molecule has 0 saturated carbocycles. The summed E-state index contributed by atoms with van der Waals surface area (Å²) in [5, 5.41) is 35.8. The molecule has 4 aliphatic rings. The molecule has 1 aromatic heterocycles. The van der Waals surface area contributed by atoms with Gasteiger partial charge in [-0.25, -0.2) is 14.3 Å². The zero-order chi connectivity index (χ0) is 52.3. The van der Waals surface area contributed by atoms with E-state index >= 15 is 0 Å². The van der Waals surface area contributed by atoms with Gasteiger partial charge in [0.1, 0.15) is 23.5 Å². The Labute approximate surface area is 427 Å². The lowest BCUT2D eigenvalue weighted by Gasteiger charge is -2.49. The summed E-state index contributed by atoms with van der Waals surface area (Å²) in [5.74, 6) is -2.71. The Morgan fingerprint density at radius 2 is 1.69 bits per heavy atom. The molecule has 0 spiro atoms. The molecule has 4 saturated heterocycles. The summed E-state index contributed by atoms with van der Waals surface area (Å²) >= 11 is 3.45. The SMILES string of the molecule is CC[C@@H]1OC(=O)[C@H](C)[C@H](O[C@H]2C[C@@](C)(OC)[C@@H](OC(=O)NCc3cn(Cc4ccc(Br)cc4)nn3)[C@H](C)O2)[C@H](C)[C@@H](O[C@@H]2O[C@H](C)C[C@H](N(C)C)[C@H]2O)[C@](C)(O)C[C@@H](C)CN(C)[C@H](C)[C@@H]2OC(=O)O[C@]12C. The number of cyclic esters (lactones) is 1. The van der Waals surface area contributed by atoms with Crippen LogP contribution in [0.15, 0.2) is 34.9 Å². The molecule has 1 aromatic carbocycles. The van der Waals surface area contributed by atoms with Gasteiger partial charge in [-0.05, 0) is 112 Å². The highest BCUT2D eigenvalue weighted by Crippen LogP contribution is 2.42. The molecule has 18 atom stereocenters. The van der Waals surface area contributed by atoms with Crippen molar-refractivity contribution >= 4 is 34.1 Å². The van der Waals surface area contributed by atoms with Crippen LogP contribution in [0.25, 0.3) is 0 Å². The van der Waals surface area contributed by atoms with E-state index in [4.69, 9.17) is 42.6 Å². The lowest BCUT2D eigenvalue weighted by molar-refractivity contribution is -0.317. The van der Waals surface area contributed by atoms with Gasteiger partial charge in [-0.2, -0.15) is 0 Å². The molecule has 20 nitrogen and oxygen atoms in total. The number of aliphatic hydroxyl groups excluding tert-OH is 1. The van der Waals surface area contributed by atoms with Crippen LogP contribution in [0.3, 0.4) is 0 Å². The number of nitrogens with zero attached hydrogens (tertiary/aromatic N) is 5. The standard InChI is InChI=1S/C50H79BrN6O14/c1-15-37-50(10)42(70-47(61)71-50)31(6)56(13)24-27(2)21-48(8,62)41(68-45-39(58)36(55(11)12)20-28(3)64-45)29(4)40(30(5)44(59)66-37)67-38-22-49(9,63-14)43(32(7)65-38)69-46(60)52-23-35-26-57(54-53-35)25-33-16-18-34(51)19-17-33/h16-19,26-32,36-43,45,58,62H,15,20-25H2,1-14H3,(H,52,60)/t27-,28-,29+,30-,31-,32+,36+,37+,38+,39-,40-,41-,42+,43+,45+,48-,49-,50-/m1/s1. The van der Waals surface area contributed by atoms with Crippen molar-refractivity contribution < 1.29 is 67.2 Å². The number of ether oxygens (including phenoxy) is 9. The van der Waals surface area contributed by atoms with E-state index in [2.05, 4.69) is 31.6 Å². The van der Waals surface area contributed by atoms with E-state index in [1.807, 2.05) is 89.8 Å². The molecule has 4 fully saturated rings. The highest BCUT2D eigenvalue weighted by Gasteiger charge is 2.58. The highest BCUT2D eigenvalue weighted by molar-refractivity contribution is 9.10. The lowest BCUT2D eigenvalue weighted by atomic mass is 9.77. The molecule has 0 aliphatic carbocycles. The predicted molar refractivity (Wildman–Crippen MR) is 262 cm³/mol. The lowest BCUT2D eigenvalue weighted by Crippen LogP contribution is -2.61. The number of nitrogens with one attached hydrogen (secondary N) is 1. The number of hydrogen-bond donors (Lipinski definition) is 3. The van der Waals surface area contributed by atoms with Gasteiger partial charge >= 0.3 is 18.2 Å². The van der Waals surface area contributed by atoms with Gasteiger partial charge < -0.3 is 63.1 Å². The zero-order valence-electron chi connectivity index (χ0n) is 43.9. The van der Waals surface area contributed by atoms with Crippen molar-refractivity contribution in [3.05, 3.63) is 46.2 Å². The van der Waals surface area contributed by atoms with E-state index in [0.29, 0.717) is 25.2 Å². The third-order valence-corrected chi connectivity index (χ3v) is 15.6. The fraction of sp³-hybridized carbons (Fsp3) is 0.780. The number of rotatable bonds is 12. The third kappa shape index (κ3) is 13.2. The van der Waals surface area contributed by atoms with Gasteiger partial charge in [0.05, 0.1) is 55.2 Å². The first-order valence-electron chi connectivity index (χ1n) is 24.9. The molecule has 0 bridgehead atoms. The van der Waals surface area contributed by atoms with Gasteiger partial charge in [-0.3, -0.25) is 9.69 Å². The first-order chi connectivity index (χ1) is 33.3. The highest BCUT2D eigenvalue weighted by atomic mass is 79.9. The molecule has 4 aliphatic heterocycles. The number of likely N-dealkylation sites (N-methyl/N-ethyl adjacent to an activating group) is 2. The van der Waals surface area contributed by atoms with Crippen molar-refractivity contribution in [3.8, 4) is 0 Å². The summed E-state index contributed by atoms with van der Waals surface area (Å²) in [6, 6.07) is 7.17. The smallest absolute Gasteiger partial charge is 0.458 e. The number of alkyl carbamates (subject to hydrolysis) is 1. The molecule has 0 unspecified atom stereocenters. The van der Waals surface area contributed by atoms with E-state index in [-0.39, 0.29) is 49.9 Å². The van der Waals surface area contributed by atoms with Crippen molar-refractivity contribution in [3.63, 3.8) is 0 Å². The molecule has 21 heteroatoms. The number of fused-ring (bicyclic) bond motifs is 1. The molecule has 5 heterocycles. The minimum atomic E-state index is -1.61. The average molecular weight is 1070 g/mol. The Morgan fingerprint density at radius 1 is 1.00 bits per heavy atom. The number of methoxy groups -OCH3 is 1. The van der Waals surface area contributed by atoms with Gasteiger partial charge in [0, 0.05) is 42.5 Å². The predicted octanol–water partition coefficient (Wildman–Crippen LogP) is 5.42. The van der Waals surface area contributed by atoms with E-state index < -0.39 is 102 Å². The van der Waals surface area contributed by atoms with Crippen molar-refractivity contribution in [1.82, 2.24) is 30.1 Å². The fourth-order valence-corrected chi connectivity index (χ4v) is 11.4. The van der Waals surface area contributed by atoms with Crippen LogP contribution in [-0.2, 0) is 60.5 Å².